The van der Waals surface area contributed by atoms with Crippen LogP contribution in [0.3, 0.4) is 0 Å². The summed E-state index contributed by atoms with van der Waals surface area (Å²) in [7, 11) is 0. The van der Waals surface area contributed by atoms with E-state index in [1.165, 1.54) is 0 Å². The number of amides is 1. The van der Waals surface area contributed by atoms with Crippen LogP contribution in [0.15, 0.2) is 78.4 Å². The Balaban J connectivity index is 1.50. The molecule has 220 valence electrons. The Morgan fingerprint density at radius 2 is 1.69 bits per heavy atom. The number of benzene rings is 3. The topological polar surface area (TPSA) is 88.5 Å². The van der Waals surface area contributed by atoms with Gasteiger partial charge in [0.15, 0.2) is 0 Å². The van der Waals surface area contributed by atoms with Gasteiger partial charge in [-0.25, -0.2) is 0 Å². The molecule has 0 saturated carbocycles. The maximum atomic E-state index is 13.6. The Morgan fingerprint density at radius 1 is 0.929 bits per heavy atom. The normalized spacial score (nSPS) is 18.8. The number of carbonyl (C=O) groups excluding carboxylic acids is 2. The second-order valence-electron chi connectivity index (χ2n) is 10.6. The third-order valence-corrected chi connectivity index (χ3v) is 7.60. The quantitative estimate of drug-likeness (QED) is 0.179. The van der Waals surface area contributed by atoms with Crippen molar-refractivity contribution in [3.05, 3.63) is 95.1 Å². The van der Waals surface area contributed by atoms with E-state index in [1.807, 2.05) is 74.5 Å². The molecule has 0 bridgehead atoms. The van der Waals surface area contributed by atoms with Gasteiger partial charge in [-0.05, 0) is 73.4 Å². The molecule has 3 aromatic rings. The van der Waals surface area contributed by atoms with Gasteiger partial charge in [0.05, 0.1) is 31.4 Å². The highest BCUT2D eigenvalue weighted by Crippen LogP contribution is 2.41. The van der Waals surface area contributed by atoms with Crippen molar-refractivity contribution >= 4 is 17.4 Å². The number of aliphatic hydroxyl groups excluding tert-OH is 1. The molecule has 1 atom stereocenters. The molecule has 2 aliphatic heterocycles. The van der Waals surface area contributed by atoms with Gasteiger partial charge >= 0.3 is 0 Å². The van der Waals surface area contributed by atoms with E-state index < -0.39 is 17.7 Å². The number of Topliss-reactive ketones (excluding diaryl/α,β-unsaturated/α-hetero) is 1. The summed E-state index contributed by atoms with van der Waals surface area (Å²) in [6, 6.07) is 21.4. The summed E-state index contributed by atoms with van der Waals surface area (Å²) < 4.78 is 17.3. The fourth-order valence-electron chi connectivity index (χ4n) is 5.48. The van der Waals surface area contributed by atoms with Crippen LogP contribution in [0.25, 0.3) is 5.76 Å². The van der Waals surface area contributed by atoms with Gasteiger partial charge in [-0.1, -0.05) is 37.3 Å². The Labute approximate surface area is 247 Å². The molecule has 0 aliphatic carbocycles. The van der Waals surface area contributed by atoms with Crippen molar-refractivity contribution in [2.24, 2.45) is 0 Å². The van der Waals surface area contributed by atoms with E-state index in [-0.39, 0.29) is 11.3 Å². The predicted octanol–water partition coefficient (Wildman–Crippen LogP) is 5.72. The highest BCUT2D eigenvalue weighted by Gasteiger charge is 2.46. The van der Waals surface area contributed by atoms with Crippen molar-refractivity contribution in [3.8, 4) is 17.2 Å². The number of para-hydroxylation sites is 1. The van der Waals surface area contributed by atoms with E-state index in [9.17, 15) is 14.7 Å². The Morgan fingerprint density at radius 3 is 2.43 bits per heavy atom. The number of nitrogens with zero attached hydrogens (tertiary/aromatic N) is 2. The first-order chi connectivity index (χ1) is 20.5. The van der Waals surface area contributed by atoms with Crippen LogP contribution in [0.1, 0.15) is 42.5 Å². The summed E-state index contributed by atoms with van der Waals surface area (Å²) in [5, 5.41) is 11.6. The van der Waals surface area contributed by atoms with E-state index in [0.29, 0.717) is 61.2 Å². The molecule has 8 nitrogen and oxygen atoms in total. The van der Waals surface area contributed by atoms with Gasteiger partial charge in [0, 0.05) is 31.7 Å². The highest BCUT2D eigenvalue weighted by atomic mass is 16.5. The first-order valence-corrected chi connectivity index (χ1v) is 14.6. The molecule has 1 amide bonds. The molecule has 8 heteroatoms. The van der Waals surface area contributed by atoms with Crippen LogP contribution < -0.4 is 9.47 Å². The van der Waals surface area contributed by atoms with Crippen LogP contribution >= 0.6 is 0 Å². The lowest BCUT2D eigenvalue weighted by molar-refractivity contribution is -0.140. The molecule has 42 heavy (non-hydrogen) atoms. The van der Waals surface area contributed by atoms with Gasteiger partial charge in [-0.15, -0.1) is 0 Å². The molecule has 2 fully saturated rings. The molecule has 2 aliphatic rings. The number of hydrogen-bond donors (Lipinski definition) is 1. The first kappa shape index (κ1) is 29.4. The Bertz CT molecular complexity index is 1430. The van der Waals surface area contributed by atoms with Crippen LogP contribution in [0.5, 0.6) is 17.2 Å². The van der Waals surface area contributed by atoms with Crippen molar-refractivity contribution in [1.29, 1.82) is 0 Å². The summed E-state index contributed by atoms with van der Waals surface area (Å²) in [5.74, 6) is 0.448. The van der Waals surface area contributed by atoms with Crippen LogP contribution in [-0.2, 0) is 14.3 Å². The van der Waals surface area contributed by atoms with Crippen LogP contribution in [0.4, 0.5) is 0 Å². The van der Waals surface area contributed by atoms with E-state index in [1.54, 1.807) is 17.0 Å². The smallest absolute Gasteiger partial charge is 0.295 e. The van der Waals surface area contributed by atoms with E-state index in [4.69, 9.17) is 14.2 Å². The van der Waals surface area contributed by atoms with E-state index in [2.05, 4.69) is 4.90 Å². The zero-order valence-corrected chi connectivity index (χ0v) is 24.3. The Hall–Kier alpha value is -4.14. The fraction of sp³-hybridized carbons (Fsp3) is 0.353. The molecule has 3 aromatic carbocycles. The average Bonchev–Trinajstić information content (AvgIpc) is 3.26. The third kappa shape index (κ3) is 6.66. The monoisotopic (exact) mass is 570 g/mol. The molecule has 2 saturated heterocycles. The molecule has 1 N–H and O–H groups in total. The van der Waals surface area contributed by atoms with Crippen LogP contribution in [0.2, 0.25) is 0 Å². The van der Waals surface area contributed by atoms with Crippen molar-refractivity contribution in [2.45, 2.75) is 32.7 Å². The number of rotatable bonds is 11. The maximum absolute atomic E-state index is 13.6. The number of likely N-dealkylation sites (tertiary alicyclic amines) is 1. The first-order valence-electron chi connectivity index (χ1n) is 14.6. The highest BCUT2D eigenvalue weighted by molar-refractivity contribution is 6.46. The number of hydrogen-bond acceptors (Lipinski definition) is 7. The zero-order chi connectivity index (χ0) is 29.5. The van der Waals surface area contributed by atoms with Gasteiger partial charge in [0.2, 0.25) is 0 Å². The molecule has 0 spiro atoms. The summed E-state index contributed by atoms with van der Waals surface area (Å²) >= 11 is 0. The SMILES string of the molecule is CCCOc1ccc(/C(O)=C2/C(=O)C(=O)N(CCCN3CCOCC3)C2c2cccc(Oc3ccccc3)c2)c(C)c1. The minimum atomic E-state index is -0.760. The predicted molar refractivity (Wildman–Crippen MR) is 161 cm³/mol. The molecule has 0 radical (unpaired) electrons. The van der Waals surface area contributed by atoms with Gasteiger partial charge in [-0.3, -0.25) is 14.5 Å². The third-order valence-electron chi connectivity index (χ3n) is 7.60. The average molecular weight is 571 g/mol. The number of ketones is 1. The summed E-state index contributed by atoms with van der Waals surface area (Å²) in [4.78, 5) is 31.0. The minimum Gasteiger partial charge on any atom is -0.507 e. The van der Waals surface area contributed by atoms with Crippen molar-refractivity contribution < 1.29 is 28.9 Å². The number of carbonyl (C=O) groups is 2. The minimum absolute atomic E-state index is 0.0774. The summed E-state index contributed by atoms with van der Waals surface area (Å²) in [5.41, 5.74) is 2.01. The lowest BCUT2D eigenvalue weighted by Gasteiger charge is -2.29. The summed E-state index contributed by atoms with van der Waals surface area (Å²) in [6.07, 6.45) is 1.56. The second kappa shape index (κ2) is 13.7. The number of morpholine rings is 1. The van der Waals surface area contributed by atoms with Crippen molar-refractivity contribution in [2.75, 3.05) is 46.0 Å². The lowest BCUT2D eigenvalue weighted by atomic mass is 9.93. The van der Waals surface area contributed by atoms with Gasteiger partial charge in [-0.2, -0.15) is 0 Å². The van der Waals surface area contributed by atoms with Crippen molar-refractivity contribution in [3.63, 3.8) is 0 Å². The van der Waals surface area contributed by atoms with E-state index >= 15 is 0 Å². The van der Waals surface area contributed by atoms with Gasteiger partial charge < -0.3 is 24.2 Å². The fourth-order valence-corrected chi connectivity index (χ4v) is 5.48. The largest absolute Gasteiger partial charge is 0.507 e. The maximum Gasteiger partial charge on any atom is 0.295 e. The molecule has 2 heterocycles. The molecule has 1 unspecified atom stereocenters. The molecular weight excluding hydrogens is 532 g/mol. The number of aliphatic hydroxyl groups is 1. The number of ether oxygens (including phenoxy) is 3. The standard InChI is InChI=1S/C34H38N2O6/c1-3-19-41-27-13-14-29(24(2)22-27)32(37)30-31(25-9-7-12-28(23-25)42-26-10-5-4-6-11-26)36(34(39)33(30)38)16-8-15-35-17-20-40-21-18-35/h4-7,9-14,22-23,31,37H,3,8,15-21H2,1-2H3/b32-30-. The summed E-state index contributed by atoms with van der Waals surface area (Å²) in [6.45, 7) is 8.71. The van der Waals surface area contributed by atoms with Crippen LogP contribution in [-0.4, -0.2) is 72.6 Å². The number of aryl methyl sites for hydroxylation is 1. The molecule has 0 aromatic heterocycles. The zero-order valence-electron chi connectivity index (χ0n) is 24.3. The van der Waals surface area contributed by atoms with Gasteiger partial charge in [0.1, 0.15) is 23.0 Å². The molecular formula is C34H38N2O6. The second-order valence-corrected chi connectivity index (χ2v) is 10.6. The molecule has 5 rings (SSSR count). The lowest BCUT2D eigenvalue weighted by Crippen LogP contribution is -2.38. The van der Waals surface area contributed by atoms with Gasteiger partial charge in [0.25, 0.3) is 11.7 Å². The van der Waals surface area contributed by atoms with E-state index in [0.717, 1.165) is 31.6 Å². The Kier molecular flexibility index (Phi) is 9.56. The van der Waals surface area contributed by atoms with Crippen molar-refractivity contribution in [1.82, 2.24) is 9.80 Å². The van der Waals surface area contributed by atoms with Crippen LogP contribution in [0, 0.1) is 6.92 Å².